The van der Waals surface area contributed by atoms with Crippen molar-refractivity contribution < 1.29 is 4.39 Å². The Morgan fingerprint density at radius 2 is 2.00 bits per heavy atom. The van der Waals surface area contributed by atoms with E-state index in [9.17, 15) is 9.18 Å². The standard InChI is InChI=1S/C11H10FNO/c1-7-5-11(14)13(2)10-6-8(12)3-4-9(7)10/h3-6H,1-2H3. The summed E-state index contributed by atoms with van der Waals surface area (Å²) in [7, 11) is 1.64. The molecule has 1 aromatic heterocycles. The number of nitrogens with zero attached hydrogens (tertiary/aromatic N) is 1. The molecule has 2 nitrogen and oxygen atoms in total. The molecule has 14 heavy (non-hydrogen) atoms. The Kier molecular flexibility index (Phi) is 1.88. The third-order valence-electron chi connectivity index (χ3n) is 2.42. The number of halogens is 1. The van der Waals surface area contributed by atoms with Crippen molar-refractivity contribution in [2.75, 3.05) is 0 Å². The van der Waals surface area contributed by atoms with E-state index in [1.54, 1.807) is 19.2 Å². The Hall–Kier alpha value is -1.64. The van der Waals surface area contributed by atoms with Gasteiger partial charge in [-0.25, -0.2) is 4.39 Å². The van der Waals surface area contributed by atoms with Gasteiger partial charge in [0.2, 0.25) is 0 Å². The maximum Gasteiger partial charge on any atom is 0.251 e. The van der Waals surface area contributed by atoms with Gasteiger partial charge in [-0.3, -0.25) is 4.79 Å². The van der Waals surface area contributed by atoms with Gasteiger partial charge < -0.3 is 4.57 Å². The average molecular weight is 191 g/mol. The third kappa shape index (κ3) is 1.21. The molecule has 2 rings (SSSR count). The lowest BCUT2D eigenvalue weighted by atomic mass is 10.1. The summed E-state index contributed by atoms with van der Waals surface area (Å²) in [6.07, 6.45) is 0. The highest BCUT2D eigenvalue weighted by Gasteiger charge is 2.03. The van der Waals surface area contributed by atoms with Crippen LogP contribution in [0, 0.1) is 12.7 Å². The van der Waals surface area contributed by atoms with Crippen molar-refractivity contribution in [3.8, 4) is 0 Å². The van der Waals surface area contributed by atoms with E-state index < -0.39 is 0 Å². The number of hydrogen-bond donors (Lipinski definition) is 0. The molecule has 0 aliphatic heterocycles. The van der Waals surface area contributed by atoms with Gasteiger partial charge in [0, 0.05) is 18.5 Å². The summed E-state index contributed by atoms with van der Waals surface area (Å²) in [4.78, 5) is 11.4. The number of fused-ring (bicyclic) bond motifs is 1. The molecule has 0 unspecified atom stereocenters. The highest BCUT2D eigenvalue weighted by atomic mass is 19.1. The van der Waals surface area contributed by atoms with Gasteiger partial charge in [0.05, 0.1) is 5.52 Å². The number of aromatic nitrogens is 1. The molecule has 0 spiro atoms. The molecule has 1 heterocycles. The van der Waals surface area contributed by atoms with Crippen LogP contribution >= 0.6 is 0 Å². The van der Waals surface area contributed by atoms with Gasteiger partial charge in [0.25, 0.3) is 5.56 Å². The minimum absolute atomic E-state index is 0.111. The molecule has 0 fully saturated rings. The molecule has 0 aliphatic rings. The van der Waals surface area contributed by atoms with Crippen LogP contribution in [0.3, 0.4) is 0 Å². The van der Waals surface area contributed by atoms with Crippen LogP contribution in [0.25, 0.3) is 10.9 Å². The van der Waals surface area contributed by atoms with Crippen molar-refractivity contribution in [2.45, 2.75) is 6.92 Å². The van der Waals surface area contributed by atoms with Crippen molar-refractivity contribution in [3.63, 3.8) is 0 Å². The minimum Gasteiger partial charge on any atom is -0.311 e. The predicted octanol–water partition coefficient (Wildman–Crippen LogP) is 1.99. The topological polar surface area (TPSA) is 22.0 Å². The molecular formula is C11H10FNO. The van der Waals surface area contributed by atoms with Crippen LogP contribution in [-0.4, -0.2) is 4.57 Å². The largest absolute Gasteiger partial charge is 0.311 e. The first-order valence-corrected chi connectivity index (χ1v) is 4.35. The Bertz CT molecular complexity index is 557. The molecule has 0 amide bonds. The molecule has 0 aliphatic carbocycles. The second kappa shape index (κ2) is 2.94. The molecule has 0 saturated carbocycles. The van der Waals surface area contributed by atoms with Crippen LogP contribution in [0.2, 0.25) is 0 Å². The zero-order chi connectivity index (χ0) is 10.3. The van der Waals surface area contributed by atoms with Crippen LogP contribution in [0.15, 0.2) is 29.1 Å². The smallest absolute Gasteiger partial charge is 0.251 e. The lowest BCUT2D eigenvalue weighted by Gasteiger charge is -2.06. The van der Waals surface area contributed by atoms with Crippen molar-refractivity contribution in [2.24, 2.45) is 7.05 Å². The number of benzene rings is 1. The van der Waals surface area contributed by atoms with Crippen molar-refractivity contribution in [1.82, 2.24) is 4.57 Å². The van der Waals surface area contributed by atoms with Gasteiger partial charge in [-0.2, -0.15) is 0 Å². The monoisotopic (exact) mass is 191 g/mol. The quantitative estimate of drug-likeness (QED) is 0.624. The number of rotatable bonds is 0. The van der Waals surface area contributed by atoms with Crippen LogP contribution < -0.4 is 5.56 Å². The molecule has 0 radical (unpaired) electrons. The SMILES string of the molecule is Cc1cc(=O)n(C)c2cc(F)ccc12. The normalized spacial score (nSPS) is 10.8. The molecule has 3 heteroatoms. The fraction of sp³-hybridized carbons (Fsp3) is 0.182. The molecule has 0 saturated heterocycles. The van der Waals surface area contributed by atoms with Crippen molar-refractivity contribution in [3.05, 3.63) is 46.0 Å². The van der Waals surface area contributed by atoms with E-state index in [0.29, 0.717) is 5.52 Å². The van der Waals surface area contributed by atoms with Crippen molar-refractivity contribution in [1.29, 1.82) is 0 Å². The molecule has 0 bridgehead atoms. The fourth-order valence-electron chi connectivity index (χ4n) is 1.59. The maximum atomic E-state index is 13.0. The Balaban J connectivity index is 3.03. The van der Waals surface area contributed by atoms with E-state index in [1.165, 1.54) is 16.7 Å². The molecule has 0 N–H and O–H groups in total. The summed E-state index contributed by atoms with van der Waals surface area (Å²) >= 11 is 0. The number of aryl methyl sites for hydroxylation is 2. The molecular weight excluding hydrogens is 181 g/mol. The first-order chi connectivity index (χ1) is 6.59. The second-order valence-electron chi connectivity index (χ2n) is 3.39. The molecule has 72 valence electrons. The van der Waals surface area contributed by atoms with Crippen molar-refractivity contribution >= 4 is 10.9 Å². The predicted molar refractivity (Wildman–Crippen MR) is 53.9 cm³/mol. The summed E-state index contributed by atoms with van der Waals surface area (Å²) < 4.78 is 14.4. The van der Waals surface area contributed by atoms with Gasteiger partial charge in [-0.15, -0.1) is 0 Å². The number of pyridine rings is 1. The highest BCUT2D eigenvalue weighted by Crippen LogP contribution is 2.16. The van der Waals surface area contributed by atoms with Crippen LogP contribution in [0.5, 0.6) is 0 Å². The lowest BCUT2D eigenvalue weighted by molar-refractivity contribution is 0.628. The summed E-state index contributed by atoms with van der Waals surface area (Å²) in [5, 5.41) is 0.911. The zero-order valence-electron chi connectivity index (χ0n) is 8.04. The van der Waals surface area contributed by atoms with Gasteiger partial charge in [0.15, 0.2) is 0 Å². The van der Waals surface area contributed by atoms with E-state index in [-0.39, 0.29) is 11.4 Å². The molecule has 1 aromatic carbocycles. The summed E-state index contributed by atoms with van der Waals surface area (Å²) in [6.45, 7) is 1.85. The summed E-state index contributed by atoms with van der Waals surface area (Å²) in [5.74, 6) is -0.321. The van der Waals surface area contributed by atoms with Gasteiger partial charge in [-0.1, -0.05) is 0 Å². The van der Waals surface area contributed by atoms with Crippen LogP contribution in [-0.2, 0) is 7.05 Å². The summed E-state index contributed by atoms with van der Waals surface area (Å²) in [5.41, 5.74) is 1.40. The van der Waals surface area contributed by atoms with E-state index in [1.807, 2.05) is 6.92 Å². The minimum atomic E-state index is -0.321. The molecule has 0 atom stereocenters. The average Bonchev–Trinajstić information content (AvgIpc) is 2.14. The van der Waals surface area contributed by atoms with Gasteiger partial charge >= 0.3 is 0 Å². The van der Waals surface area contributed by atoms with Gasteiger partial charge in [-0.05, 0) is 30.7 Å². The van der Waals surface area contributed by atoms with E-state index in [4.69, 9.17) is 0 Å². The van der Waals surface area contributed by atoms with E-state index in [2.05, 4.69) is 0 Å². The van der Waals surface area contributed by atoms with Crippen LogP contribution in [0.1, 0.15) is 5.56 Å². The lowest BCUT2D eigenvalue weighted by Crippen LogP contribution is -2.16. The second-order valence-corrected chi connectivity index (χ2v) is 3.39. The number of hydrogen-bond acceptors (Lipinski definition) is 1. The van der Waals surface area contributed by atoms with Crippen LogP contribution in [0.4, 0.5) is 4.39 Å². The highest BCUT2D eigenvalue weighted by molar-refractivity contribution is 5.82. The Morgan fingerprint density at radius 1 is 1.29 bits per heavy atom. The molecule has 2 aromatic rings. The first-order valence-electron chi connectivity index (χ1n) is 4.35. The third-order valence-corrected chi connectivity index (χ3v) is 2.42. The van der Waals surface area contributed by atoms with Gasteiger partial charge in [0.1, 0.15) is 5.82 Å². The summed E-state index contributed by atoms with van der Waals surface area (Å²) in [6, 6.07) is 6.03. The first kappa shape index (κ1) is 8.94. The maximum absolute atomic E-state index is 13.0. The Morgan fingerprint density at radius 3 is 2.71 bits per heavy atom. The van der Waals surface area contributed by atoms with E-state index >= 15 is 0 Å². The van der Waals surface area contributed by atoms with E-state index in [0.717, 1.165) is 10.9 Å². The Labute approximate surface area is 80.6 Å². The zero-order valence-corrected chi connectivity index (χ0v) is 8.04. The fourth-order valence-corrected chi connectivity index (χ4v) is 1.59.